The molecule has 0 spiro atoms. The molecule has 1 atom stereocenters. The predicted octanol–water partition coefficient (Wildman–Crippen LogP) is 2.24. The lowest BCUT2D eigenvalue weighted by atomic mass is 9.91. The van der Waals surface area contributed by atoms with E-state index in [4.69, 9.17) is 11.6 Å². The fourth-order valence-electron chi connectivity index (χ4n) is 2.11. The van der Waals surface area contributed by atoms with Gasteiger partial charge < -0.3 is 10.0 Å². The monoisotopic (exact) mass is 282 g/mol. The van der Waals surface area contributed by atoms with Crippen molar-refractivity contribution in [3.8, 4) is 0 Å². The van der Waals surface area contributed by atoms with Gasteiger partial charge in [0.1, 0.15) is 5.15 Å². The van der Waals surface area contributed by atoms with Gasteiger partial charge in [0.2, 0.25) is 0 Å². The van der Waals surface area contributed by atoms with E-state index in [-0.39, 0.29) is 11.3 Å². The van der Waals surface area contributed by atoms with Crippen molar-refractivity contribution in [2.24, 2.45) is 0 Å². The number of rotatable bonds is 1. The van der Waals surface area contributed by atoms with Gasteiger partial charge in [0, 0.05) is 29.8 Å². The summed E-state index contributed by atoms with van der Waals surface area (Å²) in [5.41, 5.74) is 1.17. The van der Waals surface area contributed by atoms with Crippen LogP contribution in [0, 0.1) is 0 Å². The zero-order valence-electron chi connectivity index (χ0n) is 11.5. The molecule has 104 valence electrons. The van der Waals surface area contributed by atoms with Crippen LogP contribution in [0.1, 0.15) is 43.2 Å². The average molecular weight is 283 g/mol. The van der Waals surface area contributed by atoms with Crippen LogP contribution in [0.25, 0.3) is 0 Å². The minimum Gasteiger partial charge on any atom is -0.391 e. The van der Waals surface area contributed by atoms with Gasteiger partial charge in [-0.1, -0.05) is 32.4 Å². The van der Waals surface area contributed by atoms with Crippen LogP contribution < -0.4 is 0 Å². The molecule has 4 nitrogen and oxygen atoms in total. The highest BCUT2D eigenvalue weighted by molar-refractivity contribution is 6.29. The second-order valence-corrected chi connectivity index (χ2v) is 6.39. The summed E-state index contributed by atoms with van der Waals surface area (Å²) >= 11 is 6.00. The molecule has 1 aromatic rings. The van der Waals surface area contributed by atoms with Gasteiger partial charge in [0.15, 0.2) is 0 Å². The second kappa shape index (κ2) is 5.10. The Balaban J connectivity index is 2.29. The molecule has 2 heterocycles. The molecular formula is C14H19ClN2O2. The van der Waals surface area contributed by atoms with Gasteiger partial charge in [-0.15, -0.1) is 0 Å². The third-order valence-electron chi connectivity index (χ3n) is 3.26. The largest absolute Gasteiger partial charge is 0.391 e. The summed E-state index contributed by atoms with van der Waals surface area (Å²) in [6.45, 7) is 7.06. The number of hydrogen-bond donors (Lipinski definition) is 1. The van der Waals surface area contributed by atoms with E-state index in [1.54, 1.807) is 17.0 Å². The summed E-state index contributed by atoms with van der Waals surface area (Å²) in [5, 5.41) is 9.83. The standard InChI is InChI=1S/C14H19ClN2O2/c1-14(2,3)11-6-9(7-12(15)16-11)13(19)17-5-4-10(18)8-17/h6-7,10,18H,4-5,8H2,1-3H3/t10-/m1/s1. The lowest BCUT2D eigenvalue weighted by Gasteiger charge is -2.20. The first-order valence-electron chi connectivity index (χ1n) is 6.43. The maximum absolute atomic E-state index is 12.4. The summed E-state index contributed by atoms with van der Waals surface area (Å²) in [6.07, 6.45) is 0.222. The normalized spacial score (nSPS) is 19.8. The molecule has 1 amide bonds. The first-order chi connectivity index (χ1) is 8.77. The first-order valence-corrected chi connectivity index (χ1v) is 6.80. The molecule has 0 saturated carbocycles. The summed E-state index contributed by atoms with van der Waals surface area (Å²) in [7, 11) is 0. The van der Waals surface area contributed by atoms with Gasteiger partial charge in [0.25, 0.3) is 5.91 Å². The summed E-state index contributed by atoms with van der Waals surface area (Å²) in [4.78, 5) is 18.3. The van der Waals surface area contributed by atoms with Gasteiger partial charge in [-0.2, -0.15) is 0 Å². The van der Waals surface area contributed by atoms with Crippen molar-refractivity contribution in [2.75, 3.05) is 13.1 Å². The highest BCUT2D eigenvalue weighted by Crippen LogP contribution is 2.24. The Morgan fingerprint density at radius 2 is 2.16 bits per heavy atom. The van der Waals surface area contributed by atoms with E-state index in [1.807, 2.05) is 20.8 Å². The molecule has 0 aromatic carbocycles. The smallest absolute Gasteiger partial charge is 0.254 e. The van der Waals surface area contributed by atoms with Crippen LogP contribution in [0.15, 0.2) is 12.1 Å². The molecule has 1 aliphatic rings. The summed E-state index contributed by atoms with van der Waals surface area (Å²) in [6, 6.07) is 3.38. The Hall–Kier alpha value is -1.13. The van der Waals surface area contributed by atoms with Crippen molar-refractivity contribution in [3.63, 3.8) is 0 Å². The molecule has 1 fully saturated rings. The number of amides is 1. The predicted molar refractivity (Wildman–Crippen MR) is 74.5 cm³/mol. The molecule has 1 aliphatic heterocycles. The number of aliphatic hydroxyl groups is 1. The lowest BCUT2D eigenvalue weighted by Crippen LogP contribution is -2.30. The maximum Gasteiger partial charge on any atom is 0.254 e. The molecule has 0 bridgehead atoms. The number of carbonyl (C=O) groups excluding carboxylic acids is 1. The van der Waals surface area contributed by atoms with Crippen LogP contribution in [0.5, 0.6) is 0 Å². The Bertz CT molecular complexity index is 497. The Morgan fingerprint density at radius 1 is 1.47 bits per heavy atom. The Labute approximate surface area is 118 Å². The lowest BCUT2D eigenvalue weighted by molar-refractivity contribution is 0.0764. The Morgan fingerprint density at radius 3 is 2.68 bits per heavy atom. The number of nitrogens with zero attached hydrogens (tertiary/aromatic N) is 2. The van der Waals surface area contributed by atoms with E-state index in [0.717, 1.165) is 5.69 Å². The minimum atomic E-state index is -0.414. The number of likely N-dealkylation sites (tertiary alicyclic amines) is 1. The van der Waals surface area contributed by atoms with Crippen molar-refractivity contribution in [2.45, 2.75) is 38.7 Å². The van der Waals surface area contributed by atoms with Crippen LogP contribution in [0.2, 0.25) is 5.15 Å². The van der Waals surface area contributed by atoms with Crippen LogP contribution >= 0.6 is 11.6 Å². The van der Waals surface area contributed by atoms with E-state index >= 15 is 0 Å². The topological polar surface area (TPSA) is 53.4 Å². The van der Waals surface area contributed by atoms with Gasteiger partial charge in [0.05, 0.1) is 6.10 Å². The number of β-amino-alcohol motifs (C(OH)–C–C–N with tert-alkyl or cyclic N) is 1. The maximum atomic E-state index is 12.4. The van der Waals surface area contributed by atoms with Gasteiger partial charge in [-0.25, -0.2) is 4.98 Å². The summed E-state index contributed by atoms with van der Waals surface area (Å²) < 4.78 is 0. The van der Waals surface area contributed by atoms with Crippen molar-refractivity contribution >= 4 is 17.5 Å². The van der Waals surface area contributed by atoms with Gasteiger partial charge in [-0.05, 0) is 18.6 Å². The molecule has 1 saturated heterocycles. The number of aliphatic hydroxyl groups excluding tert-OH is 1. The zero-order valence-corrected chi connectivity index (χ0v) is 12.2. The number of hydrogen-bond acceptors (Lipinski definition) is 3. The second-order valence-electron chi connectivity index (χ2n) is 6.01. The molecule has 0 unspecified atom stereocenters. The third-order valence-corrected chi connectivity index (χ3v) is 3.45. The van der Waals surface area contributed by atoms with Gasteiger partial charge in [-0.3, -0.25) is 4.79 Å². The Kier molecular flexibility index (Phi) is 3.83. The van der Waals surface area contributed by atoms with Gasteiger partial charge >= 0.3 is 0 Å². The zero-order chi connectivity index (χ0) is 14.2. The quantitative estimate of drug-likeness (QED) is 0.804. The van der Waals surface area contributed by atoms with E-state index in [1.165, 1.54) is 0 Å². The van der Waals surface area contributed by atoms with Crippen molar-refractivity contribution < 1.29 is 9.90 Å². The molecule has 1 aromatic heterocycles. The molecule has 0 aliphatic carbocycles. The summed E-state index contributed by atoms with van der Waals surface area (Å²) in [5.74, 6) is -0.0913. The molecule has 1 N–H and O–H groups in total. The fraction of sp³-hybridized carbons (Fsp3) is 0.571. The molecular weight excluding hydrogens is 264 g/mol. The van der Waals surface area contributed by atoms with Crippen LogP contribution in [0.3, 0.4) is 0 Å². The molecule has 19 heavy (non-hydrogen) atoms. The van der Waals surface area contributed by atoms with Crippen LogP contribution in [0.4, 0.5) is 0 Å². The van der Waals surface area contributed by atoms with E-state index in [9.17, 15) is 9.90 Å². The minimum absolute atomic E-state index is 0.0913. The van der Waals surface area contributed by atoms with E-state index in [2.05, 4.69) is 4.98 Å². The highest BCUT2D eigenvalue weighted by atomic mass is 35.5. The van der Waals surface area contributed by atoms with Crippen molar-refractivity contribution in [3.05, 3.63) is 28.5 Å². The van der Waals surface area contributed by atoms with Crippen LogP contribution in [-0.4, -0.2) is 40.1 Å². The molecule has 2 rings (SSSR count). The fourth-order valence-corrected chi connectivity index (χ4v) is 2.32. The van der Waals surface area contributed by atoms with E-state index < -0.39 is 6.10 Å². The van der Waals surface area contributed by atoms with Crippen LogP contribution in [-0.2, 0) is 5.41 Å². The molecule has 0 radical (unpaired) electrons. The highest BCUT2D eigenvalue weighted by Gasteiger charge is 2.27. The first kappa shape index (κ1) is 14.3. The molecule has 5 heteroatoms. The number of pyridine rings is 1. The number of halogens is 1. The van der Waals surface area contributed by atoms with Crippen molar-refractivity contribution in [1.82, 2.24) is 9.88 Å². The third kappa shape index (κ3) is 3.25. The van der Waals surface area contributed by atoms with E-state index in [0.29, 0.717) is 30.2 Å². The number of aromatic nitrogens is 1. The SMILES string of the molecule is CC(C)(C)c1cc(C(=O)N2CC[C@@H](O)C2)cc(Cl)n1. The number of carbonyl (C=O) groups is 1. The van der Waals surface area contributed by atoms with Crippen molar-refractivity contribution in [1.29, 1.82) is 0 Å². The average Bonchev–Trinajstić information content (AvgIpc) is 2.73.